The van der Waals surface area contributed by atoms with Crippen LogP contribution in [0.25, 0.3) is 0 Å². The van der Waals surface area contributed by atoms with Gasteiger partial charge in [-0.05, 0) is 29.4 Å². The zero-order chi connectivity index (χ0) is 18.8. The van der Waals surface area contributed by atoms with Crippen LogP contribution in [0.1, 0.15) is 46.5 Å². The van der Waals surface area contributed by atoms with Crippen molar-refractivity contribution in [1.82, 2.24) is 9.97 Å². The summed E-state index contributed by atoms with van der Waals surface area (Å²) in [5.74, 6) is 0.758. The second kappa shape index (κ2) is 8.64. The Kier molecular flexibility index (Phi) is 7.35. The number of nitrogen functional groups attached to an aromatic ring is 2. The molecule has 3 unspecified atom stereocenters. The third-order valence-electron chi connectivity index (χ3n) is 4.83. The third-order valence-corrected chi connectivity index (χ3v) is 5.16. The number of aromatic nitrogens is 3. The summed E-state index contributed by atoms with van der Waals surface area (Å²) in [4.78, 5) is 10.4. The van der Waals surface area contributed by atoms with Crippen LogP contribution in [0.2, 0.25) is 0 Å². The summed E-state index contributed by atoms with van der Waals surface area (Å²) in [5, 5.41) is 0. The van der Waals surface area contributed by atoms with Crippen LogP contribution in [0.15, 0.2) is 0 Å². The van der Waals surface area contributed by atoms with Gasteiger partial charge in [-0.15, -0.1) is 0 Å². The van der Waals surface area contributed by atoms with Crippen molar-refractivity contribution in [2.24, 2.45) is 11.8 Å². The molecule has 0 radical (unpaired) electrons. The summed E-state index contributed by atoms with van der Waals surface area (Å²) in [6.45, 7) is 7.23. The van der Waals surface area contributed by atoms with Gasteiger partial charge in [0.25, 0.3) is 0 Å². The summed E-state index contributed by atoms with van der Waals surface area (Å²) >= 11 is 0. The van der Waals surface area contributed by atoms with E-state index in [0.717, 1.165) is 32.2 Å². The molecule has 0 bridgehead atoms. The summed E-state index contributed by atoms with van der Waals surface area (Å²) < 4.78 is 35.4. The molecule has 1 fully saturated rings. The van der Waals surface area contributed by atoms with E-state index in [-0.39, 0.29) is 23.4 Å². The summed E-state index contributed by atoms with van der Waals surface area (Å²) in [5.41, 5.74) is 11.5. The van der Waals surface area contributed by atoms with Crippen molar-refractivity contribution in [3.8, 4) is 0 Å². The molecule has 3 atom stereocenters. The highest BCUT2D eigenvalue weighted by atomic mass is 32.3. The van der Waals surface area contributed by atoms with Crippen LogP contribution < -0.4 is 25.4 Å². The number of hydrogen-bond acceptors (Lipinski definition) is 9. The second-order valence-corrected chi connectivity index (χ2v) is 7.35. The van der Waals surface area contributed by atoms with Crippen molar-refractivity contribution >= 4 is 28.2 Å². The van der Waals surface area contributed by atoms with Crippen molar-refractivity contribution in [1.29, 1.82) is 0 Å². The molecule has 1 saturated heterocycles. The molecule has 12 heteroatoms. The second-order valence-electron chi connectivity index (χ2n) is 6.34. The normalized spacial score (nSPS) is 23.4. The molecule has 26 heavy (non-hydrogen) atoms. The van der Waals surface area contributed by atoms with Gasteiger partial charge in [0.05, 0.1) is 0 Å². The smallest absolute Gasteiger partial charge is 0.472 e. The monoisotopic (exact) mass is 392 g/mol. The molecule has 0 saturated carbocycles. The van der Waals surface area contributed by atoms with E-state index in [4.69, 9.17) is 16.0 Å². The van der Waals surface area contributed by atoms with Crippen molar-refractivity contribution in [3.63, 3.8) is 0 Å². The number of hydrogen-bond donors (Lipinski definition) is 3. The molecule has 1 aromatic heterocycles. The van der Waals surface area contributed by atoms with E-state index in [1.54, 1.807) is 0 Å². The highest BCUT2D eigenvalue weighted by Gasteiger charge is 2.37. The largest absolute Gasteiger partial charge is 0.870 e. The molecular weight excluding hydrogens is 364 g/mol. The fourth-order valence-electron chi connectivity index (χ4n) is 3.58. The quantitative estimate of drug-likeness (QED) is 0.441. The lowest BCUT2D eigenvalue weighted by atomic mass is 9.79. The van der Waals surface area contributed by atoms with Gasteiger partial charge >= 0.3 is 28.2 Å². The Morgan fingerprint density at radius 3 is 2.19 bits per heavy atom. The molecule has 2 rings (SSSR count). The Morgan fingerprint density at radius 1 is 1.19 bits per heavy atom. The molecule has 0 aromatic carbocycles. The SMILES string of the molecule is CCC1CC(CC)C(CC)N(c2nc(N)[n+](OS(=O)(=O)O)c(N)n2)C1.[OH-]. The molecule has 1 aromatic rings. The molecule has 150 valence electrons. The Bertz CT molecular complexity index is 693. The Balaban J connectivity index is 0.00000338. The van der Waals surface area contributed by atoms with E-state index in [9.17, 15) is 8.42 Å². The maximum Gasteiger partial charge on any atom is 0.472 e. The molecule has 2 heterocycles. The fraction of sp³-hybridized carbons (Fsp3) is 0.786. The Labute approximate surface area is 153 Å². The van der Waals surface area contributed by atoms with Gasteiger partial charge in [-0.25, -0.2) is 4.28 Å². The molecule has 0 aliphatic carbocycles. The molecule has 6 N–H and O–H groups in total. The van der Waals surface area contributed by atoms with Crippen LogP contribution in [-0.4, -0.2) is 41.0 Å². The number of nitrogens with two attached hydrogens (primary N) is 2. The standard InChI is InChI=1S/C14H26N6O4S.H2O/c1-4-9-7-10(5-2)11(6-3)19(8-9)14-17-12(15)20(13(16)18-14)24-25(21,22)23;/h9-11H,4-8H2,1-3H3,(H4,15,16,17,18,21,22,23);1H2. The van der Waals surface area contributed by atoms with Crippen molar-refractivity contribution in [2.45, 2.75) is 52.5 Å². The number of rotatable bonds is 6. The molecule has 0 spiro atoms. The van der Waals surface area contributed by atoms with E-state index < -0.39 is 10.4 Å². The van der Waals surface area contributed by atoms with Gasteiger partial charge in [-0.3, -0.25) is 4.55 Å². The first-order valence-electron chi connectivity index (χ1n) is 8.49. The van der Waals surface area contributed by atoms with Gasteiger partial charge in [-0.2, -0.15) is 8.42 Å². The van der Waals surface area contributed by atoms with Gasteiger partial charge in [0.2, 0.25) is 0 Å². The zero-order valence-corrected chi connectivity index (χ0v) is 16.1. The van der Waals surface area contributed by atoms with E-state index in [1.165, 1.54) is 0 Å². The highest BCUT2D eigenvalue weighted by molar-refractivity contribution is 7.80. The zero-order valence-electron chi connectivity index (χ0n) is 15.2. The highest BCUT2D eigenvalue weighted by Crippen LogP contribution is 2.35. The van der Waals surface area contributed by atoms with Crippen LogP contribution in [0.3, 0.4) is 0 Å². The van der Waals surface area contributed by atoms with Gasteiger partial charge in [0.1, 0.15) is 0 Å². The molecule has 1 aliphatic heterocycles. The van der Waals surface area contributed by atoms with E-state index >= 15 is 0 Å². The number of piperidine rings is 1. The van der Waals surface area contributed by atoms with Crippen LogP contribution in [0.5, 0.6) is 0 Å². The maximum absolute atomic E-state index is 10.9. The lowest BCUT2D eigenvalue weighted by Gasteiger charge is -2.43. The Morgan fingerprint density at radius 2 is 1.77 bits per heavy atom. The summed E-state index contributed by atoms with van der Waals surface area (Å²) in [6, 6.07) is 0.255. The number of anilines is 3. The third kappa shape index (κ3) is 4.83. The van der Waals surface area contributed by atoms with Crippen LogP contribution in [-0.2, 0) is 10.4 Å². The van der Waals surface area contributed by atoms with Crippen molar-refractivity contribution < 1.29 is 27.5 Å². The van der Waals surface area contributed by atoms with Crippen LogP contribution in [0.4, 0.5) is 17.8 Å². The molecular formula is C14H28N6O5S. The fourth-order valence-corrected chi connectivity index (χ4v) is 3.92. The van der Waals surface area contributed by atoms with Crippen LogP contribution in [0, 0.1) is 11.8 Å². The van der Waals surface area contributed by atoms with Gasteiger partial charge in [0, 0.05) is 12.6 Å². The van der Waals surface area contributed by atoms with E-state index in [1.807, 2.05) is 0 Å². The van der Waals surface area contributed by atoms with E-state index in [2.05, 4.69) is 39.9 Å². The minimum absolute atomic E-state index is 0. The maximum atomic E-state index is 10.9. The lowest BCUT2D eigenvalue weighted by Crippen LogP contribution is -2.53. The minimum Gasteiger partial charge on any atom is -0.870 e. The van der Waals surface area contributed by atoms with Crippen LogP contribution >= 0.6 is 0 Å². The van der Waals surface area contributed by atoms with Gasteiger partial charge < -0.3 is 21.8 Å². The first-order chi connectivity index (χ1) is 11.7. The van der Waals surface area contributed by atoms with Crippen molar-refractivity contribution in [3.05, 3.63) is 0 Å². The first-order valence-corrected chi connectivity index (χ1v) is 9.85. The van der Waals surface area contributed by atoms with Gasteiger partial charge in [0.15, 0.2) is 0 Å². The average molecular weight is 392 g/mol. The Hall–Kier alpha value is -1.92. The molecule has 1 aliphatic rings. The lowest BCUT2D eigenvalue weighted by molar-refractivity contribution is -0.836. The summed E-state index contributed by atoms with van der Waals surface area (Å²) in [6.07, 6.45) is 4.18. The molecule has 11 nitrogen and oxygen atoms in total. The van der Waals surface area contributed by atoms with Crippen molar-refractivity contribution in [2.75, 3.05) is 22.9 Å². The summed E-state index contributed by atoms with van der Waals surface area (Å²) in [7, 11) is -4.79. The minimum atomic E-state index is -4.79. The number of nitrogens with zero attached hydrogens (tertiary/aromatic N) is 4. The predicted molar refractivity (Wildman–Crippen MR) is 94.7 cm³/mol. The van der Waals surface area contributed by atoms with Gasteiger partial charge in [-0.1, -0.05) is 43.6 Å². The topological polar surface area (TPSA) is 179 Å². The first kappa shape index (κ1) is 22.1. The average Bonchev–Trinajstić information content (AvgIpc) is 2.55. The predicted octanol–water partition coefficient (Wildman–Crippen LogP) is 0.0242. The van der Waals surface area contributed by atoms with E-state index in [0.29, 0.717) is 22.5 Å². The molecule has 0 amide bonds.